The molecule has 0 aliphatic rings. The second kappa shape index (κ2) is 7.16. The van der Waals surface area contributed by atoms with Gasteiger partial charge in [-0.2, -0.15) is 0 Å². The number of benzene rings is 1. The minimum Gasteiger partial charge on any atom is -0.466 e. The van der Waals surface area contributed by atoms with Crippen LogP contribution in [0.1, 0.15) is 5.56 Å². The van der Waals surface area contributed by atoms with E-state index in [4.69, 9.17) is 0 Å². The number of ether oxygens (including phenoxy) is 2. The topological polar surface area (TPSA) is 108 Å². The number of nitrogens with zero attached hydrogens (tertiary/aromatic N) is 4. The van der Waals surface area contributed by atoms with Crippen LogP contribution in [0, 0.1) is 6.92 Å². The van der Waals surface area contributed by atoms with Gasteiger partial charge >= 0.3 is 11.9 Å². The van der Waals surface area contributed by atoms with Crippen molar-refractivity contribution in [2.45, 2.75) is 6.92 Å². The number of carbonyl (C=O) groups excluding carboxylic acids is 2. The molecule has 0 aliphatic heterocycles. The first-order valence-corrected chi connectivity index (χ1v) is 6.54. The van der Waals surface area contributed by atoms with E-state index in [1.54, 1.807) is 6.07 Å². The van der Waals surface area contributed by atoms with E-state index in [1.807, 2.05) is 19.1 Å². The van der Waals surface area contributed by atoms with Gasteiger partial charge in [0.1, 0.15) is 12.0 Å². The molecule has 1 aromatic carbocycles. The monoisotopic (exact) mass is 317 g/mol. The van der Waals surface area contributed by atoms with Gasteiger partial charge in [0, 0.05) is 5.69 Å². The van der Waals surface area contributed by atoms with Crippen LogP contribution in [-0.4, -0.2) is 46.4 Å². The quantitative estimate of drug-likeness (QED) is 0.631. The number of aromatic nitrogens is 4. The summed E-state index contributed by atoms with van der Waals surface area (Å²) in [5.41, 5.74) is 2.08. The Labute approximate surface area is 131 Å². The van der Waals surface area contributed by atoms with E-state index < -0.39 is 11.9 Å². The summed E-state index contributed by atoms with van der Waals surface area (Å²) in [7, 11) is 2.44. The van der Waals surface area contributed by atoms with Gasteiger partial charge in [0.25, 0.3) is 0 Å². The normalized spacial score (nSPS) is 11.0. The Hall–Kier alpha value is -3.23. The first-order valence-electron chi connectivity index (χ1n) is 6.54. The molecule has 0 radical (unpaired) electrons. The van der Waals surface area contributed by atoms with Crippen molar-refractivity contribution in [1.82, 2.24) is 20.2 Å². The van der Waals surface area contributed by atoms with Crippen molar-refractivity contribution in [2.24, 2.45) is 0 Å². The van der Waals surface area contributed by atoms with Gasteiger partial charge in [-0.05, 0) is 35.0 Å². The van der Waals surface area contributed by atoms with Crippen LogP contribution in [0.5, 0.6) is 0 Å². The Balaban J connectivity index is 2.36. The molecule has 1 aromatic heterocycles. The molecule has 0 unspecified atom stereocenters. The zero-order chi connectivity index (χ0) is 16.8. The first-order chi connectivity index (χ1) is 11.0. The van der Waals surface area contributed by atoms with Crippen molar-refractivity contribution < 1.29 is 19.1 Å². The number of nitrogens with one attached hydrogen (secondary N) is 1. The zero-order valence-electron chi connectivity index (χ0n) is 12.8. The first kappa shape index (κ1) is 16.1. The van der Waals surface area contributed by atoms with E-state index in [-0.39, 0.29) is 5.70 Å². The summed E-state index contributed by atoms with van der Waals surface area (Å²) in [5.74, 6) is -1.37. The molecule has 0 amide bonds. The summed E-state index contributed by atoms with van der Waals surface area (Å²) < 4.78 is 10.7. The highest BCUT2D eigenvalue weighted by Gasteiger charge is 2.14. The van der Waals surface area contributed by atoms with Crippen molar-refractivity contribution in [2.75, 3.05) is 19.5 Å². The number of anilines is 1. The summed E-state index contributed by atoms with van der Waals surface area (Å²) in [6, 6.07) is 5.38. The molecule has 0 spiro atoms. The van der Waals surface area contributed by atoms with Gasteiger partial charge < -0.3 is 14.8 Å². The predicted molar refractivity (Wildman–Crippen MR) is 79.6 cm³/mol. The van der Waals surface area contributed by atoms with Crippen LogP contribution in [0.3, 0.4) is 0 Å². The Morgan fingerprint density at radius 2 is 2.04 bits per heavy atom. The largest absolute Gasteiger partial charge is 0.466 e. The molecule has 120 valence electrons. The average Bonchev–Trinajstić information content (AvgIpc) is 3.09. The standard InChI is InChI=1S/C14H15N5O4/c1-9-4-5-10(19-8-15-17-18-19)6-11(9)16-12(14(21)23-3)7-13(20)22-2/h4-8,16H,1-3H3/b12-7+. The third-order valence-electron chi connectivity index (χ3n) is 2.97. The smallest absolute Gasteiger partial charge is 0.354 e. The molecule has 2 rings (SSSR count). The fourth-order valence-corrected chi connectivity index (χ4v) is 1.74. The molecule has 0 fully saturated rings. The number of esters is 2. The minimum absolute atomic E-state index is 0.0451. The molecule has 23 heavy (non-hydrogen) atoms. The van der Waals surface area contributed by atoms with Crippen LogP contribution >= 0.6 is 0 Å². The van der Waals surface area contributed by atoms with Crippen molar-refractivity contribution in [1.29, 1.82) is 0 Å². The van der Waals surface area contributed by atoms with Crippen LogP contribution < -0.4 is 5.32 Å². The maximum absolute atomic E-state index is 11.8. The van der Waals surface area contributed by atoms with Gasteiger partial charge in [0.15, 0.2) is 0 Å². The van der Waals surface area contributed by atoms with E-state index in [9.17, 15) is 9.59 Å². The van der Waals surface area contributed by atoms with Crippen LogP contribution in [-0.2, 0) is 19.1 Å². The fourth-order valence-electron chi connectivity index (χ4n) is 1.74. The van der Waals surface area contributed by atoms with Crippen LogP contribution in [0.2, 0.25) is 0 Å². The lowest BCUT2D eigenvalue weighted by Gasteiger charge is -2.12. The molecule has 0 saturated heterocycles. The summed E-state index contributed by atoms with van der Waals surface area (Å²) in [5, 5.41) is 13.8. The van der Waals surface area contributed by atoms with Gasteiger partial charge in [-0.1, -0.05) is 6.07 Å². The molecule has 0 saturated carbocycles. The summed E-state index contributed by atoms with van der Waals surface area (Å²) in [6.45, 7) is 1.85. The summed E-state index contributed by atoms with van der Waals surface area (Å²) >= 11 is 0. The zero-order valence-corrected chi connectivity index (χ0v) is 12.8. The van der Waals surface area contributed by atoms with Crippen molar-refractivity contribution >= 4 is 17.6 Å². The molecule has 1 heterocycles. The Kier molecular flexibility index (Phi) is 5.03. The van der Waals surface area contributed by atoms with E-state index in [2.05, 4.69) is 30.3 Å². The van der Waals surface area contributed by atoms with Crippen LogP contribution in [0.15, 0.2) is 36.3 Å². The molecule has 2 aromatic rings. The lowest BCUT2D eigenvalue weighted by Crippen LogP contribution is -2.16. The summed E-state index contributed by atoms with van der Waals surface area (Å²) in [6.07, 6.45) is 2.47. The van der Waals surface area contributed by atoms with Gasteiger partial charge in [0.05, 0.1) is 26.0 Å². The maximum Gasteiger partial charge on any atom is 0.354 e. The van der Waals surface area contributed by atoms with E-state index in [0.29, 0.717) is 11.4 Å². The third kappa shape index (κ3) is 3.90. The molecular weight excluding hydrogens is 302 g/mol. The van der Waals surface area contributed by atoms with Gasteiger partial charge in [-0.15, -0.1) is 5.10 Å². The Morgan fingerprint density at radius 1 is 1.26 bits per heavy atom. The highest BCUT2D eigenvalue weighted by molar-refractivity contribution is 5.98. The van der Waals surface area contributed by atoms with Crippen molar-refractivity contribution in [3.63, 3.8) is 0 Å². The molecule has 0 aliphatic carbocycles. The number of rotatable bonds is 5. The average molecular weight is 317 g/mol. The number of methoxy groups -OCH3 is 2. The van der Waals surface area contributed by atoms with Crippen molar-refractivity contribution in [3.8, 4) is 5.69 Å². The number of carbonyl (C=O) groups is 2. The number of aryl methyl sites for hydroxylation is 1. The van der Waals surface area contributed by atoms with E-state index in [0.717, 1.165) is 11.6 Å². The Morgan fingerprint density at radius 3 is 2.65 bits per heavy atom. The molecule has 9 nitrogen and oxygen atoms in total. The SMILES string of the molecule is COC(=O)/C=C(/Nc1cc(-n2cnnn2)ccc1C)C(=O)OC. The van der Waals surface area contributed by atoms with E-state index in [1.165, 1.54) is 25.2 Å². The molecule has 0 bridgehead atoms. The maximum atomic E-state index is 11.8. The highest BCUT2D eigenvalue weighted by Crippen LogP contribution is 2.21. The highest BCUT2D eigenvalue weighted by atomic mass is 16.5. The third-order valence-corrected chi connectivity index (χ3v) is 2.97. The van der Waals surface area contributed by atoms with Gasteiger partial charge in [0.2, 0.25) is 0 Å². The second-order valence-corrected chi connectivity index (χ2v) is 4.45. The lowest BCUT2D eigenvalue weighted by molar-refractivity contribution is -0.138. The van der Waals surface area contributed by atoms with Crippen LogP contribution in [0.4, 0.5) is 5.69 Å². The molecule has 9 heteroatoms. The summed E-state index contributed by atoms with van der Waals surface area (Å²) in [4.78, 5) is 23.2. The van der Waals surface area contributed by atoms with Gasteiger partial charge in [-0.25, -0.2) is 14.3 Å². The number of hydrogen-bond donors (Lipinski definition) is 1. The molecule has 0 atom stereocenters. The van der Waals surface area contributed by atoms with Crippen molar-refractivity contribution in [3.05, 3.63) is 41.9 Å². The fraction of sp³-hybridized carbons (Fsp3) is 0.214. The Bertz CT molecular complexity index is 740. The second-order valence-electron chi connectivity index (χ2n) is 4.45. The van der Waals surface area contributed by atoms with Gasteiger partial charge in [-0.3, -0.25) is 0 Å². The lowest BCUT2D eigenvalue weighted by atomic mass is 10.1. The molecule has 1 N–H and O–H groups in total. The van der Waals surface area contributed by atoms with E-state index >= 15 is 0 Å². The number of hydrogen-bond acceptors (Lipinski definition) is 8. The van der Waals surface area contributed by atoms with Crippen LogP contribution in [0.25, 0.3) is 5.69 Å². The predicted octanol–water partition coefficient (Wildman–Crippen LogP) is 0.613. The number of tetrazole rings is 1. The molecular formula is C14H15N5O4. The minimum atomic E-state index is -0.692.